The van der Waals surface area contributed by atoms with Crippen LogP contribution < -0.4 is 5.73 Å². The molecule has 0 heterocycles. The molecule has 0 atom stereocenters. The van der Waals surface area contributed by atoms with Crippen LogP contribution in [0.5, 0.6) is 0 Å². The van der Waals surface area contributed by atoms with E-state index in [1.54, 1.807) is 12.1 Å². The molecule has 0 amide bonds. The van der Waals surface area contributed by atoms with Crippen molar-refractivity contribution in [3.05, 3.63) is 53.1 Å². The Bertz CT molecular complexity index is 845. The summed E-state index contributed by atoms with van der Waals surface area (Å²) in [5.74, 6) is 1.86. The van der Waals surface area contributed by atoms with Crippen molar-refractivity contribution in [3.63, 3.8) is 0 Å². The van der Waals surface area contributed by atoms with E-state index >= 15 is 0 Å². The maximum absolute atomic E-state index is 14.4. The van der Waals surface area contributed by atoms with Crippen molar-refractivity contribution in [1.29, 1.82) is 0 Å². The lowest BCUT2D eigenvalue weighted by Gasteiger charge is -2.14. The van der Waals surface area contributed by atoms with Crippen LogP contribution in [0.3, 0.4) is 0 Å². The second-order valence-corrected chi connectivity index (χ2v) is 11.3. The SMILES string of the molecule is C[Si](C)(C)C#Cc1c(F)cc(CC=O)c(-c2cccc(F)c2)c1N. The molecule has 24 heavy (non-hydrogen) atoms. The summed E-state index contributed by atoms with van der Waals surface area (Å²) in [6, 6.07) is 7.11. The van der Waals surface area contributed by atoms with Crippen LogP contribution in [0.1, 0.15) is 11.1 Å². The quantitative estimate of drug-likeness (QED) is 0.393. The van der Waals surface area contributed by atoms with Crippen LogP contribution in [0.4, 0.5) is 14.5 Å². The van der Waals surface area contributed by atoms with Gasteiger partial charge in [-0.25, -0.2) is 8.78 Å². The molecule has 2 nitrogen and oxygen atoms in total. The van der Waals surface area contributed by atoms with E-state index in [-0.39, 0.29) is 17.7 Å². The number of rotatable bonds is 3. The minimum atomic E-state index is -1.72. The zero-order valence-corrected chi connectivity index (χ0v) is 14.9. The minimum absolute atomic E-state index is 0.00526. The smallest absolute Gasteiger partial charge is 0.141 e. The molecule has 2 aromatic rings. The molecule has 2 aromatic carbocycles. The van der Waals surface area contributed by atoms with E-state index in [9.17, 15) is 13.6 Å². The Labute approximate surface area is 141 Å². The van der Waals surface area contributed by atoms with Crippen LogP contribution in [0.2, 0.25) is 19.6 Å². The van der Waals surface area contributed by atoms with E-state index in [1.807, 2.05) is 19.6 Å². The molecule has 0 spiro atoms. The summed E-state index contributed by atoms with van der Waals surface area (Å²) in [7, 11) is -1.72. The summed E-state index contributed by atoms with van der Waals surface area (Å²) in [5, 5.41) is 0. The molecule has 0 saturated carbocycles. The van der Waals surface area contributed by atoms with E-state index in [1.165, 1.54) is 18.2 Å². The van der Waals surface area contributed by atoms with Gasteiger partial charge in [0.1, 0.15) is 26.0 Å². The molecular formula is C19H19F2NOSi. The summed E-state index contributed by atoms with van der Waals surface area (Å²) in [4.78, 5) is 10.9. The first-order valence-electron chi connectivity index (χ1n) is 7.56. The first-order valence-corrected chi connectivity index (χ1v) is 11.1. The highest BCUT2D eigenvalue weighted by Gasteiger charge is 2.17. The predicted molar refractivity (Wildman–Crippen MR) is 96.2 cm³/mol. The van der Waals surface area contributed by atoms with Gasteiger partial charge in [-0.3, -0.25) is 0 Å². The highest BCUT2D eigenvalue weighted by molar-refractivity contribution is 6.83. The maximum atomic E-state index is 14.4. The summed E-state index contributed by atoms with van der Waals surface area (Å²) < 4.78 is 28.0. The molecule has 0 unspecified atom stereocenters. The third kappa shape index (κ3) is 4.09. The van der Waals surface area contributed by atoms with Crippen molar-refractivity contribution in [1.82, 2.24) is 0 Å². The molecule has 2 rings (SSSR count). The molecule has 0 aliphatic carbocycles. The zero-order chi connectivity index (χ0) is 17.9. The average molecular weight is 343 g/mol. The van der Waals surface area contributed by atoms with Gasteiger partial charge < -0.3 is 10.5 Å². The van der Waals surface area contributed by atoms with Gasteiger partial charge in [-0.1, -0.05) is 37.7 Å². The van der Waals surface area contributed by atoms with Gasteiger partial charge in [0.05, 0.1) is 11.3 Å². The van der Waals surface area contributed by atoms with Gasteiger partial charge in [-0.05, 0) is 29.3 Å². The van der Waals surface area contributed by atoms with Gasteiger partial charge in [0, 0.05) is 12.0 Å². The highest BCUT2D eigenvalue weighted by Crippen LogP contribution is 2.34. The van der Waals surface area contributed by atoms with Crippen molar-refractivity contribution in [2.24, 2.45) is 0 Å². The first-order chi connectivity index (χ1) is 11.2. The first kappa shape index (κ1) is 17.9. The van der Waals surface area contributed by atoms with Crippen LogP contribution in [0.15, 0.2) is 30.3 Å². The summed E-state index contributed by atoms with van der Waals surface area (Å²) in [5.41, 5.74) is 10.9. The molecule has 0 bridgehead atoms. The normalized spacial score (nSPS) is 10.9. The Morgan fingerprint density at radius 3 is 2.50 bits per heavy atom. The van der Waals surface area contributed by atoms with E-state index < -0.39 is 19.7 Å². The van der Waals surface area contributed by atoms with Crippen LogP contribution in [-0.2, 0) is 11.2 Å². The molecule has 124 valence electrons. The lowest BCUT2D eigenvalue weighted by molar-refractivity contribution is -0.107. The Kier molecular flexibility index (Phi) is 5.20. The number of benzene rings is 2. The van der Waals surface area contributed by atoms with Crippen molar-refractivity contribution < 1.29 is 13.6 Å². The number of aldehydes is 1. The van der Waals surface area contributed by atoms with Crippen molar-refractivity contribution in [2.75, 3.05) is 5.73 Å². The van der Waals surface area contributed by atoms with Crippen LogP contribution >= 0.6 is 0 Å². The second kappa shape index (κ2) is 6.98. The van der Waals surface area contributed by atoms with Gasteiger partial charge in [-0.2, -0.15) is 0 Å². The fraction of sp³-hybridized carbons (Fsp3) is 0.211. The number of nitrogen functional groups attached to an aromatic ring is 1. The monoisotopic (exact) mass is 343 g/mol. The molecule has 0 radical (unpaired) electrons. The Balaban J connectivity index is 2.75. The number of nitrogens with two attached hydrogens (primary N) is 1. The molecule has 5 heteroatoms. The lowest BCUT2D eigenvalue weighted by atomic mass is 9.93. The van der Waals surface area contributed by atoms with E-state index in [4.69, 9.17) is 5.73 Å². The Morgan fingerprint density at radius 1 is 1.21 bits per heavy atom. The predicted octanol–water partition coefficient (Wildman–Crippen LogP) is 4.18. The molecule has 0 aromatic heterocycles. The van der Waals surface area contributed by atoms with Crippen molar-refractivity contribution in [2.45, 2.75) is 26.1 Å². The van der Waals surface area contributed by atoms with E-state index in [0.717, 1.165) is 0 Å². The van der Waals surface area contributed by atoms with Crippen molar-refractivity contribution in [3.8, 4) is 22.6 Å². The summed E-state index contributed by atoms with van der Waals surface area (Å²) in [6.07, 6.45) is 0.666. The van der Waals surface area contributed by atoms with Gasteiger partial charge in [0.25, 0.3) is 0 Å². The zero-order valence-electron chi connectivity index (χ0n) is 13.9. The fourth-order valence-electron chi connectivity index (χ4n) is 2.34. The molecule has 0 aliphatic rings. The average Bonchev–Trinajstić information content (AvgIpc) is 2.46. The Morgan fingerprint density at radius 2 is 1.92 bits per heavy atom. The van der Waals surface area contributed by atoms with Gasteiger partial charge in [-0.15, -0.1) is 5.54 Å². The number of carbonyl (C=O) groups is 1. The number of halogens is 2. The molecule has 0 saturated heterocycles. The largest absolute Gasteiger partial charge is 0.397 e. The Hall–Kier alpha value is -2.45. The molecule has 2 N–H and O–H groups in total. The van der Waals surface area contributed by atoms with Gasteiger partial charge in [0.2, 0.25) is 0 Å². The topological polar surface area (TPSA) is 43.1 Å². The standard InChI is InChI=1S/C19H19F2NOSi/c1-24(2,3)10-8-16-17(21)12-14(7-9-23)18(19(16)22)13-5-4-6-15(20)11-13/h4-6,9,11-12H,7,22H2,1-3H3. The fourth-order valence-corrected chi connectivity index (χ4v) is 2.84. The third-order valence-corrected chi connectivity index (χ3v) is 4.25. The lowest BCUT2D eigenvalue weighted by Crippen LogP contribution is -2.16. The minimum Gasteiger partial charge on any atom is -0.397 e. The third-order valence-electron chi connectivity index (χ3n) is 3.38. The van der Waals surface area contributed by atoms with Crippen LogP contribution in [0, 0.1) is 23.1 Å². The summed E-state index contributed by atoms with van der Waals surface area (Å²) >= 11 is 0. The van der Waals surface area contributed by atoms with Gasteiger partial charge >= 0.3 is 0 Å². The van der Waals surface area contributed by atoms with Crippen LogP contribution in [0.25, 0.3) is 11.1 Å². The molecule has 0 fully saturated rings. The number of anilines is 1. The van der Waals surface area contributed by atoms with Crippen molar-refractivity contribution >= 4 is 20.0 Å². The van der Waals surface area contributed by atoms with E-state index in [0.29, 0.717) is 23.0 Å². The number of hydrogen-bond donors (Lipinski definition) is 1. The molecule has 0 aliphatic heterocycles. The molecular weight excluding hydrogens is 324 g/mol. The summed E-state index contributed by atoms with van der Waals surface area (Å²) in [6.45, 7) is 6.13. The van der Waals surface area contributed by atoms with Crippen LogP contribution in [-0.4, -0.2) is 14.4 Å². The van der Waals surface area contributed by atoms with E-state index in [2.05, 4.69) is 11.5 Å². The highest BCUT2D eigenvalue weighted by atomic mass is 28.3. The van der Waals surface area contributed by atoms with Gasteiger partial charge in [0.15, 0.2) is 0 Å². The number of carbonyl (C=O) groups excluding carboxylic acids is 1. The second-order valence-electron chi connectivity index (χ2n) is 6.56. The maximum Gasteiger partial charge on any atom is 0.141 e. The number of hydrogen-bond acceptors (Lipinski definition) is 2.